The highest BCUT2D eigenvalue weighted by Gasteiger charge is 2.23. The zero-order valence-corrected chi connectivity index (χ0v) is 40.0. The average molecular weight is 965 g/mol. The third kappa shape index (κ3) is 13.0. The lowest BCUT2D eigenvalue weighted by Gasteiger charge is -2.10. The first-order chi connectivity index (χ1) is 33.3. The van der Waals surface area contributed by atoms with E-state index >= 15 is 0 Å². The number of aromatic nitrogens is 9. The summed E-state index contributed by atoms with van der Waals surface area (Å²) in [4.78, 5) is 117. The number of likely N-dealkylation sites (N-methyl/N-ethyl adjacent to an activating group) is 1. The molecule has 6 aromatic rings. The standard InChI is InChI=1S/C44H56N18O8/c1-56(2)18-16-45-34(63)13-15-47-42(68)36-52-32(24-60(36)6)54-44(70)38-53-33(25-62(38)8)55-43(69)37-51-31(23-61(37)7)50-35(64)12-9-14-46-39(65)29-19-26(21-58(29)4)49-41(67)30-20-27(22-59(30)5)48-40(66)28-11-10-17-57(28)3/h10-11,17,19-25H,9,12-16,18H2,1-8H3,(H,45,63)(H,46,65)(H,47,68)(H,48,66)(H,49,67)(H,50,64)(H,54,70)(H,55,69). The van der Waals surface area contributed by atoms with Crippen LogP contribution in [0, 0.1) is 0 Å². The molecule has 0 aliphatic carbocycles. The third-order valence-electron chi connectivity index (χ3n) is 10.5. The van der Waals surface area contributed by atoms with Crippen LogP contribution in [0.2, 0.25) is 0 Å². The zero-order valence-electron chi connectivity index (χ0n) is 40.0. The van der Waals surface area contributed by atoms with Crippen LogP contribution in [0.25, 0.3) is 0 Å². The molecule has 26 heteroatoms. The van der Waals surface area contributed by atoms with Gasteiger partial charge in [-0.15, -0.1) is 0 Å². The summed E-state index contributed by atoms with van der Waals surface area (Å²) in [5.41, 5.74) is 1.81. The number of nitrogens with zero attached hydrogens (tertiary/aromatic N) is 10. The Morgan fingerprint density at radius 2 is 0.957 bits per heavy atom. The fraction of sp³-hybridized carbons (Fsp3) is 0.341. The molecule has 8 amide bonds. The van der Waals surface area contributed by atoms with Crippen molar-refractivity contribution in [3.63, 3.8) is 0 Å². The highest BCUT2D eigenvalue weighted by molar-refractivity contribution is 6.07. The predicted octanol–water partition coefficient (Wildman–Crippen LogP) is 0.858. The van der Waals surface area contributed by atoms with Crippen molar-refractivity contribution >= 4 is 76.1 Å². The molecular formula is C44H56N18O8. The van der Waals surface area contributed by atoms with Gasteiger partial charge in [-0.25, -0.2) is 15.0 Å². The average Bonchev–Trinajstić information content (AvgIpc) is 4.16. The van der Waals surface area contributed by atoms with Crippen LogP contribution in [0.15, 0.2) is 61.4 Å². The highest BCUT2D eigenvalue weighted by Crippen LogP contribution is 2.19. The Morgan fingerprint density at radius 1 is 0.471 bits per heavy atom. The van der Waals surface area contributed by atoms with Crippen LogP contribution in [0.1, 0.15) is 82.6 Å². The van der Waals surface area contributed by atoms with Gasteiger partial charge in [0.05, 0.1) is 11.4 Å². The molecule has 70 heavy (non-hydrogen) atoms. The molecule has 0 spiro atoms. The van der Waals surface area contributed by atoms with Crippen molar-refractivity contribution in [3.05, 3.63) is 96.0 Å². The van der Waals surface area contributed by atoms with Crippen LogP contribution in [0.3, 0.4) is 0 Å². The minimum absolute atomic E-state index is 0.00365. The maximum absolute atomic E-state index is 13.2. The van der Waals surface area contributed by atoms with Crippen molar-refractivity contribution in [2.75, 3.05) is 66.9 Å². The third-order valence-corrected chi connectivity index (χ3v) is 10.5. The van der Waals surface area contributed by atoms with Crippen LogP contribution in [-0.2, 0) is 51.9 Å². The Kier molecular flexibility index (Phi) is 16.1. The van der Waals surface area contributed by atoms with E-state index in [-0.39, 0.29) is 90.5 Å². The molecule has 0 radical (unpaired) electrons. The molecule has 6 heterocycles. The molecule has 0 bridgehead atoms. The van der Waals surface area contributed by atoms with E-state index < -0.39 is 35.4 Å². The van der Waals surface area contributed by atoms with E-state index in [9.17, 15) is 38.4 Å². The number of aryl methyl sites for hydroxylation is 6. The quantitative estimate of drug-likeness (QED) is 0.0466. The monoisotopic (exact) mass is 964 g/mol. The summed E-state index contributed by atoms with van der Waals surface area (Å²) < 4.78 is 9.02. The first-order valence-corrected chi connectivity index (χ1v) is 21.8. The van der Waals surface area contributed by atoms with E-state index in [4.69, 9.17) is 0 Å². The second-order valence-electron chi connectivity index (χ2n) is 16.5. The smallest absolute Gasteiger partial charge is 0.292 e. The first-order valence-electron chi connectivity index (χ1n) is 21.8. The second kappa shape index (κ2) is 22.3. The van der Waals surface area contributed by atoms with Crippen LogP contribution in [0.4, 0.5) is 28.8 Å². The van der Waals surface area contributed by atoms with Gasteiger partial charge in [0.15, 0.2) is 17.5 Å². The Balaban J connectivity index is 0.921. The number of imidazole rings is 3. The van der Waals surface area contributed by atoms with Crippen LogP contribution in [-0.4, -0.2) is 135 Å². The van der Waals surface area contributed by atoms with E-state index in [1.54, 1.807) is 92.8 Å². The molecule has 6 aromatic heterocycles. The van der Waals surface area contributed by atoms with Gasteiger partial charge in [0, 0.05) is 118 Å². The summed E-state index contributed by atoms with van der Waals surface area (Å²) in [6.45, 7) is 1.41. The molecule has 0 atom stereocenters. The fourth-order valence-electron chi connectivity index (χ4n) is 6.98. The number of nitrogens with one attached hydrogen (secondary N) is 8. The normalized spacial score (nSPS) is 11.0. The largest absolute Gasteiger partial charge is 0.355 e. The number of hydrogen-bond donors (Lipinski definition) is 8. The minimum atomic E-state index is -0.677. The number of carbonyl (C=O) groups is 8. The molecular weight excluding hydrogens is 909 g/mol. The van der Waals surface area contributed by atoms with Gasteiger partial charge >= 0.3 is 0 Å². The Labute approximate surface area is 401 Å². The van der Waals surface area contributed by atoms with Gasteiger partial charge in [-0.05, 0) is 44.8 Å². The summed E-state index contributed by atoms with van der Waals surface area (Å²) >= 11 is 0. The molecule has 26 nitrogen and oxygen atoms in total. The number of hydrogen-bond acceptors (Lipinski definition) is 12. The van der Waals surface area contributed by atoms with Gasteiger partial charge in [0.25, 0.3) is 35.4 Å². The predicted molar refractivity (Wildman–Crippen MR) is 256 cm³/mol. The highest BCUT2D eigenvalue weighted by atomic mass is 16.2. The Bertz CT molecular complexity index is 2940. The Morgan fingerprint density at radius 3 is 1.47 bits per heavy atom. The number of rotatable bonds is 21. The summed E-state index contributed by atoms with van der Waals surface area (Å²) in [7, 11) is 13.5. The number of amides is 8. The van der Waals surface area contributed by atoms with Gasteiger partial charge in [0.2, 0.25) is 29.3 Å². The number of anilines is 5. The van der Waals surface area contributed by atoms with Crippen molar-refractivity contribution in [3.8, 4) is 0 Å². The Hall–Kier alpha value is -8.81. The van der Waals surface area contributed by atoms with Crippen molar-refractivity contribution in [1.29, 1.82) is 0 Å². The van der Waals surface area contributed by atoms with Crippen molar-refractivity contribution in [2.45, 2.75) is 19.3 Å². The summed E-state index contributed by atoms with van der Waals surface area (Å²) in [6.07, 6.45) is 9.63. The van der Waals surface area contributed by atoms with Crippen molar-refractivity contribution < 1.29 is 38.4 Å². The van der Waals surface area contributed by atoms with Gasteiger partial charge in [-0.3, -0.25) is 38.4 Å². The molecule has 0 aliphatic rings. The SMILES string of the molecule is CN(C)CCNC(=O)CCNC(=O)c1nc(NC(=O)c2nc(NC(=O)c3nc(NC(=O)CCCNC(=O)c4cc(NC(=O)c5cc(NC(=O)c6cccn6C)cn5C)cn4C)cn3C)cn2C)cn1C. The van der Waals surface area contributed by atoms with Crippen molar-refractivity contribution in [1.82, 2.24) is 63.2 Å². The summed E-state index contributed by atoms with van der Waals surface area (Å²) in [5.74, 6) is -3.65. The lowest BCUT2D eigenvalue weighted by molar-refractivity contribution is -0.121. The topological polar surface area (TPSA) is 304 Å². The molecule has 0 saturated heterocycles. The maximum atomic E-state index is 13.2. The van der Waals surface area contributed by atoms with E-state index in [0.29, 0.717) is 30.2 Å². The molecule has 0 unspecified atom stereocenters. The number of carbonyl (C=O) groups excluding carboxylic acids is 8. The molecule has 6 rings (SSSR count). The maximum Gasteiger partial charge on any atom is 0.292 e. The van der Waals surface area contributed by atoms with E-state index in [2.05, 4.69) is 57.5 Å². The molecule has 0 fully saturated rings. The molecule has 370 valence electrons. The lowest BCUT2D eigenvalue weighted by atomic mass is 10.3. The fourth-order valence-corrected chi connectivity index (χ4v) is 6.98. The molecule has 0 saturated carbocycles. The van der Waals surface area contributed by atoms with Crippen LogP contribution < -0.4 is 42.5 Å². The lowest BCUT2D eigenvalue weighted by Crippen LogP contribution is -2.34. The van der Waals surface area contributed by atoms with E-state index in [1.807, 2.05) is 19.0 Å². The van der Waals surface area contributed by atoms with Crippen LogP contribution in [0.5, 0.6) is 0 Å². The van der Waals surface area contributed by atoms with Gasteiger partial charge in [-0.1, -0.05) is 0 Å². The molecule has 0 aromatic carbocycles. The first kappa shape index (κ1) is 50.6. The summed E-state index contributed by atoms with van der Waals surface area (Å²) in [5, 5.41) is 21.6. The van der Waals surface area contributed by atoms with E-state index in [0.717, 1.165) is 0 Å². The van der Waals surface area contributed by atoms with Crippen LogP contribution >= 0.6 is 0 Å². The summed E-state index contributed by atoms with van der Waals surface area (Å²) in [6, 6.07) is 6.50. The van der Waals surface area contributed by atoms with E-state index in [1.165, 1.54) is 38.4 Å². The van der Waals surface area contributed by atoms with Gasteiger partial charge in [-0.2, -0.15) is 0 Å². The molecule has 0 aliphatic heterocycles. The van der Waals surface area contributed by atoms with Crippen molar-refractivity contribution in [2.24, 2.45) is 42.3 Å². The molecule has 8 N–H and O–H groups in total. The minimum Gasteiger partial charge on any atom is -0.355 e. The van der Waals surface area contributed by atoms with Gasteiger partial charge in [0.1, 0.15) is 17.1 Å². The zero-order chi connectivity index (χ0) is 50.8. The second-order valence-corrected chi connectivity index (χ2v) is 16.5. The van der Waals surface area contributed by atoms with Gasteiger partial charge < -0.3 is 74.8 Å².